The van der Waals surface area contributed by atoms with Crippen molar-refractivity contribution in [2.24, 2.45) is 0 Å². The number of rotatable bonds is 3. The Hall–Kier alpha value is -1.34. The molecule has 1 N–H and O–H groups in total. The maximum Gasteiger partial charge on any atom is 0.344 e. The van der Waals surface area contributed by atoms with E-state index in [1.54, 1.807) is 16.8 Å². The Bertz CT molecular complexity index is 605. The van der Waals surface area contributed by atoms with Crippen LogP contribution in [0, 0.1) is 0 Å². The van der Waals surface area contributed by atoms with E-state index in [2.05, 4.69) is 20.2 Å². The molecule has 0 aromatic carbocycles. The van der Waals surface area contributed by atoms with Gasteiger partial charge in [0.25, 0.3) is 0 Å². The Morgan fingerprint density at radius 3 is 3.06 bits per heavy atom. The van der Waals surface area contributed by atoms with E-state index in [1.807, 2.05) is 0 Å². The van der Waals surface area contributed by atoms with Crippen LogP contribution in [0.2, 0.25) is 5.28 Å². The van der Waals surface area contributed by atoms with Crippen molar-refractivity contribution in [3.8, 4) is 0 Å². The van der Waals surface area contributed by atoms with Gasteiger partial charge in [0.2, 0.25) is 5.28 Å². The third kappa shape index (κ3) is 2.20. The largest absolute Gasteiger partial charge is 0.344 e. The normalized spacial score (nSPS) is 15.1. The Kier molecular flexibility index (Phi) is 2.64. The van der Waals surface area contributed by atoms with Crippen LogP contribution in [0.4, 0.5) is 0 Å². The first-order valence-electron chi connectivity index (χ1n) is 5.07. The molecule has 2 aromatic heterocycles. The summed E-state index contributed by atoms with van der Waals surface area (Å²) in [6.45, 7) is 0. The van der Waals surface area contributed by atoms with Crippen LogP contribution in [0.15, 0.2) is 27.2 Å². The molecule has 88 valence electrons. The second kappa shape index (κ2) is 4.15. The minimum Gasteiger partial charge on any atom is -0.267 e. The van der Waals surface area contributed by atoms with Gasteiger partial charge >= 0.3 is 5.69 Å². The topological polar surface area (TPSA) is 76.5 Å². The van der Waals surface area contributed by atoms with Crippen LogP contribution in [0.25, 0.3) is 0 Å². The summed E-state index contributed by atoms with van der Waals surface area (Å²) in [6.07, 6.45) is 3.62. The zero-order valence-corrected chi connectivity index (χ0v) is 10.2. The first kappa shape index (κ1) is 10.8. The SMILES string of the molecule is O=c1[nH]nc(Sc2ccnc(Cl)n2)n1C1CC1. The van der Waals surface area contributed by atoms with Gasteiger partial charge < -0.3 is 0 Å². The van der Waals surface area contributed by atoms with Gasteiger partial charge in [0, 0.05) is 12.2 Å². The molecule has 0 bridgehead atoms. The fraction of sp³-hybridized carbons (Fsp3) is 0.333. The second-order valence-corrected chi connectivity index (χ2v) is 5.00. The summed E-state index contributed by atoms with van der Waals surface area (Å²) >= 11 is 7.00. The zero-order valence-electron chi connectivity index (χ0n) is 8.63. The van der Waals surface area contributed by atoms with E-state index in [-0.39, 0.29) is 17.0 Å². The summed E-state index contributed by atoms with van der Waals surface area (Å²) in [5.41, 5.74) is -0.171. The molecule has 3 rings (SSSR count). The van der Waals surface area contributed by atoms with Gasteiger partial charge in [-0.3, -0.25) is 4.57 Å². The lowest BCUT2D eigenvalue weighted by molar-refractivity contribution is 0.642. The van der Waals surface area contributed by atoms with Crippen LogP contribution in [-0.2, 0) is 0 Å². The number of hydrogen-bond donors (Lipinski definition) is 1. The molecule has 2 aromatic rings. The Morgan fingerprint density at radius 1 is 1.53 bits per heavy atom. The smallest absolute Gasteiger partial charge is 0.267 e. The molecule has 0 unspecified atom stereocenters. The third-order valence-corrected chi connectivity index (χ3v) is 3.47. The highest BCUT2D eigenvalue weighted by molar-refractivity contribution is 7.99. The lowest BCUT2D eigenvalue weighted by Crippen LogP contribution is -2.16. The molecule has 2 heterocycles. The third-order valence-electron chi connectivity index (χ3n) is 2.38. The van der Waals surface area contributed by atoms with Gasteiger partial charge in [-0.15, -0.1) is 5.10 Å². The molecular weight excluding hydrogens is 262 g/mol. The van der Waals surface area contributed by atoms with Crippen LogP contribution in [0.1, 0.15) is 18.9 Å². The van der Waals surface area contributed by atoms with Crippen LogP contribution < -0.4 is 5.69 Å². The Labute approximate surface area is 105 Å². The molecule has 0 radical (unpaired) electrons. The van der Waals surface area contributed by atoms with Gasteiger partial charge in [0.05, 0.1) is 0 Å². The average Bonchev–Trinajstić information content (AvgIpc) is 3.05. The molecule has 0 atom stereocenters. The fourth-order valence-corrected chi connectivity index (χ4v) is 2.55. The highest BCUT2D eigenvalue weighted by Gasteiger charge is 2.28. The minimum absolute atomic E-state index is 0.171. The molecule has 8 heteroatoms. The lowest BCUT2D eigenvalue weighted by Gasteiger charge is -2.02. The number of hydrogen-bond acceptors (Lipinski definition) is 5. The molecule has 0 aliphatic heterocycles. The molecule has 6 nitrogen and oxygen atoms in total. The highest BCUT2D eigenvalue weighted by Crippen LogP contribution is 2.37. The second-order valence-electron chi connectivity index (χ2n) is 3.68. The Morgan fingerprint density at radius 2 is 2.35 bits per heavy atom. The van der Waals surface area contributed by atoms with Crippen molar-refractivity contribution in [2.75, 3.05) is 0 Å². The standard InChI is InChI=1S/C9H8ClN5OS/c10-7-11-4-3-6(12-7)17-9-14-13-8(16)15(9)5-1-2-5/h3-5H,1-2H2,(H,13,16). The zero-order chi connectivity index (χ0) is 11.8. The van der Waals surface area contributed by atoms with Gasteiger partial charge in [-0.25, -0.2) is 19.9 Å². The summed E-state index contributed by atoms with van der Waals surface area (Å²) in [4.78, 5) is 19.4. The molecule has 0 amide bonds. The maximum atomic E-state index is 11.6. The number of aromatic amines is 1. The lowest BCUT2D eigenvalue weighted by atomic mass is 10.7. The number of H-pyrrole nitrogens is 1. The minimum atomic E-state index is -0.171. The summed E-state index contributed by atoms with van der Waals surface area (Å²) < 4.78 is 1.67. The fourth-order valence-electron chi connectivity index (χ4n) is 1.49. The number of aromatic nitrogens is 5. The van der Waals surface area contributed by atoms with Crippen molar-refractivity contribution in [1.29, 1.82) is 0 Å². The van der Waals surface area contributed by atoms with E-state index in [1.165, 1.54) is 11.8 Å². The molecule has 1 aliphatic carbocycles. The average molecular weight is 270 g/mol. The van der Waals surface area contributed by atoms with Gasteiger partial charge in [-0.05, 0) is 42.3 Å². The van der Waals surface area contributed by atoms with Crippen molar-refractivity contribution < 1.29 is 0 Å². The maximum absolute atomic E-state index is 11.6. The van der Waals surface area contributed by atoms with Crippen LogP contribution in [-0.4, -0.2) is 24.7 Å². The van der Waals surface area contributed by atoms with Crippen LogP contribution >= 0.6 is 23.4 Å². The first-order valence-corrected chi connectivity index (χ1v) is 6.27. The predicted octanol–water partition coefficient (Wildman–Crippen LogP) is 1.50. The molecule has 1 aliphatic rings. The van der Waals surface area contributed by atoms with Gasteiger partial charge in [0.15, 0.2) is 5.16 Å². The van der Waals surface area contributed by atoms with Crippen molar-refractivity contribution in [3.05, 3.63) is 28.0 Å². The van der Waals surface area contributed by atoms with E-state index >= 15 is 0 Å². The van der Waals surface area contributed by atoms with Crippen molar-refractivity contribution >= 4 is 23.4 Å². The predicted molar refractivity (Wildman–Crippen MR) is 62.3 cm³/mol. The van der Waals surface area contributed by atoms with Gasteiger partial charge in [0.1, 0.15) is 5.03 Å². The molecule has 1 fully saturated rings. The summed E-state index contributed by atoms with van der Waals surface area (Å²) in [5.74, 6) is 0. The number of halogens is 1. The van der Waals surface area contributed by atoms with Gasteiger partial charge in [-0.1, -0.05) is 0 Å². The van der Waals surface area contributed by atoms with Crippen LogP contribution in [0.3, 0.4) is 0 Å². The molecule has 0 saturated heterocycles. The van der Waals surface area contributed by atoms with E-state index < -0.39 is 0 Å². The number of nitrogens with zero attached hydrogens (tertiary/aromatic N) is 4. The monoisotopic (exact) mass is 269 g/mol. The molecule has 1 saturated carbocycles. The van der Waals surface area contributed by atoms with E-state index in [0.717, 1.165) is 12.8 Å². The number of nitrogens with one attached hydrogen (secondary N) is 1. The quantitative estimate of drug-likeness (QED) is 0.675. The van der Waals surface area contributed by atoms with Crippen molar-refractivity contribution in [2.45, 2.75) is 29.1 Å². The van der Waals surface area contributed by atoms with Gasteiger partial charge in [-0.2, -0.15) is 0 Å². The van der Waals surface area contributed by atoms with E-state index in [4.69, 9.17) is 11.6 Å². The first-order chi connectivity index (χ1) is 8.24. The van der Waals surface area contributed by atoms with Crippen molar-refractivity contribution in [3.63, 3.8) is 0 Å². The highest BCUT2D eigenvalue weighted by atomic mass is 35.5. The Balaban J connectivity index is 1.92. The summed E-state index contributed by atoms with van der Waals surface area (Å²) in [7, 11) is 0. The van der Waals surface area contributed by atoms with E-state index in [9.17, 15) is 4.79 Å². The van der Waals surface area contributed by atoms with E-state index in [0.29, 0.717) is 10.2 Å². The molecule has 0 spiro atoms. The molecule has 17 heavy (non-hydrogen) atoms. The van der Waals surface area contributed by atoms with Crippen molar-refractivity contribution in [1.82, 2.24) is 24.7 Å². The summed E-state index contributed by atoms with van der Waals surface area (Å²) in [6, 6.07) is 2.01. The molecular formula is C9H8ClN5OS. The summed E-state index contributed by atoms with van der Waals surface area (Å²) in [5, 5.41) is 7.92. The van der Waals surface area contributed by atoms with Crippen LogP contribution in [0.5, 0.6) is 0 Å².